The average Bonchev–Trinajstić information content (AvgIpc) is 2.18. The number of aliphatic hydroxyl groups is 1. The SMILES string of the molecule is CN(CC(=O)NN)C1CCCCC1O. The van der Waals surface area contributed by atoms with Crippen LogP contribution in [0.2, 0.25) is 0 Å². The van der Waals surface area contributed by atoms with Crippen molar-refractivity contribution in [3.8, 4) is 0 Å². The topological polar surface area (TPSA) is 78.6 Å². The number of rotatable bonds is 3. The molecule has 0 saturated heterocycles. The molecule has 1 saturated carbocycles. The molecule has 82 valence electrons. The highest BCUT2D eigenvalue weighted by atomic mass is 16.3. The van der Waals surface area contributed by atoms with Gasteiger partial charge in [0.15, 0.2) is 0 Å². The minimum Gasteiger partial charge on any atom is -0.391 e. The molecule has 5 nitrogen and oxygen atoms in total. The van der Waals surface area contributed by atoms with E-state index in [-0.39, 0.29) is 24.6 Å². The van der Waals surface area contributed by atoms with Crippen molar-refractivity contribution in [3.63, 3.8) is 0 Å². The Labute approximate surface area is 84.2 Å². The summed E-state index contributed by atoms with van der Waals surface area (Å²) in [5, 5.41) is 9.72. The zero-order chi connectivity index (χ0) is 10.6. The Balaban J connectivity index is 2.41. The summed E-state index contributed by atoms with van der Waals surface area (Å²) in [5.74, 6) is 4.78. The summed E-state index contributed by atoms with van der Waals surface area (Å²) in [6.45, 7) is 0.248. The lowest BCUT2D eigenvalue weighted by atomic mass is 9.91. The van der Waals surface area contributed by atoms with Crippen molar-refractivity contribution < 1.29 is 9.90 Å². The van der Waals surface area contributed by atoms with Crippen molar-refractivity contribution in [2.75, 3.05) is 13.6 Å². The van der Waals surface area contributed by atoms with Crippen LogP contribution in [-0.4, -0.2) is 41.7 Å². The van der Waals surface area contributed by atoms with Crippen LogP contribution in [0.25, 0.3) is 0 Å². The number of nitrogens with one attached hydrogen (secondary N) is 1. The molecule has 1 aliphatic carbocycles. The molecule has 0 aromatic rings. The van der Waals surface area contributed by atoms with Crippen LogP contribution in [0.1, 0.15) is 25.7 Å². The van der Waals surface area contributed by atoms with E-state index in [0.717, 1.165) is 25.7 Å². The third-order valence-corrected chi connectivity index (χ3v) is 2.81. The minimum atomic E-state index is -0.306. The van der Waals surface area contributed by atoms with Gasteiger partial charge in [0, 0.05) is 6.04 Å². The number of carbonyl (C=O) groups is 1. The van der Waals surface area contributed by atoms with Crippen LogP contribution in [0.4, 0.5) is 0 Å². The highest BCUT2D eigenvalue weighted by Crippen LogP contribution is 2.21. The van der Waals surface area contributed by atoms with Crippen LogP contribution in [0.15, 0.2) is 0 Å². The van der Waals surface area contributed by atoms with Gasteiger partial charge in [0.05, 0.1) is 12.6 Å². The van der Waals surface area contributed by atoms with Crippen molar-refractivity contribution in [1.29, 1.82) is 0 Å². The fourth-order valence-corrected chi connectivity index (χ4v) is 2.00. The van der Waals surface area contributed by atoms with Gasteiger partial charge in [-0.25, -0.2) is 5.84 Å². The maximum atomic E-state index is 11.0. The molecule has 2 unspecified atom stereocenters. The van der Waals surface area contributed by atoms with Gasteiger partial charge >= 0.3 is 0 Å². The maximum absolute atomic E-state index is 11.0. The number of hydrazine groups is 1. The number of hydrogen-bond donors (Lipinski definition) is 3. The molecule has 0 aromatic carbocycles. The van der Waals surface area contributed by atoms with Gasteiger partial charge in [0.1, 0.15) is 0 Å². The van der Waals surface area contributed by atoms with E-state index < -0.39 is 0 Å². The van der Waals surface area contributed by atoms with E-state index in [0.29, 0.717) is 0 Å². The third kappa shape index (κ3) is 2.94. The van der Waals surface area contributed by atoms with Crippen molar-refractivity contribution in [2.24, 2.45) is 5.84 Å². The number of nitrogens with two attached hydrogens (primary N) is 1. The molecule has 1 amide bonds. The number of carbonyl (C=O) groups excluding carboxylic acids is 1. The lowest BCUT2D eigenvalue weighted by Crippen LogP contribution is -2.48. The number of hydrogen-bond acceptors (Lipinski definition) is 4. The van der Waals surface area contributed by atoms with Gasteiger partial charge in [-0.15, -0.1) is 0 Å². The first-order chi connectivity index (χ1) is 6.65. The predicted octanol–water partition coefficient (Wildman–Crippen LogP) is -0.788. The van der Waals surface area contributed by atoms with Crippen LogP contribution in [0.5, 0.6) is 0 Å². The molecule has 0 radical (unpaired) electrons. The zero-order valence-electron chi connectivity index (χ0n) is 8.57. The average molecular weight is 201 g/mol. The normalized spacial score (nSPS) is 27.7. The van der Waals surface area contributed by atoms with Gasteiger partial charge in [-0.3, -0.25) is 15.1 Å². The second-order valence-corrected chi connectivity index (χ2v) is 3.90. The molecule has 1 fully saturated rings. The number of aliphatic hydroxyl groups excluding tert-OH is 1. The molecule has 14 heavy (non-hydrogen) atoms. The van der Waals surface area contributed by atoms with E-state index in [9.17, 15) is 9.90 Å². The fraction of sp³-hybridized carbons (Fsp3) is 0.889. The van der Waals surface area contributed by atoms with Gasteiger partial charge in [0.2, 0.25) is 5.91 Å². The van der Waals surface area contributed by atoms with Gasteiger partial charge in [0.25, 0.3) is 0 Å². The Kier molecular flexibility index (Phi) is 4.31. The summed E-state index contributed by atoms with van der Waals surface area (Å²) >= 11 is 0. The van der Waals surface area contributed by atoms with Crippen molar-refractivity contribution in [1.82, 2.24) is 10.3 Å². The van der Waals surface area contributed by atoms with E-state index in [1.807, 2.05) is 11.9 Å². The molecular weight excluding hydrogens is 182 g/mol. The van der Waals surface area contributed by atoms with Crippen LogP contribution < -0.4 is 11.3 Å². The highest BCUT2D eigenvalue weighted by Gasteiger charge is 2.27. The number of amides is 1. The second-order valence-electron chi connectivity index (χ2n) is 3.90. The van der Waals surface area contributed by atoms with Crippen molar-refractivity contribution in [3.05, 3.63) is 0 Å². The molecular formula is C9H19N3O2. The predicted molar refractivity (Wildman–Crippen MR) is 53.2 cm³/mol. The molecule has 0 bridgehead atoms. The highest BCUT2D eigenvalue weighted by molar-refractivity contribution is 5.77. The summed E-state index contributed by atoms with van der Waals surface area (Å²) in [4.78, 5) is 12.9. The van der Waals surface area contributed by atoms with E-state index >= 15 is 0 Å². The lowest BCUT2D eigenvalue weighted by molar-refractivity contribution is -0.123. The van der Waals surface area contributed by atoms with E-state index in [4.69, 9.17) is 5.84 Å². The Bertz CT molecular complexity index is 198. The first-order valence-electron chi connectivity index (χ1n) is 5.03. The summed E-state index contributed by atoms with van der Waals surface area (Å²) in [6, 6.07) is 0.0982. The van der Waals surface area contributed by atoms with Gasteiger partial charge in [-0.2, -0.15) is 0 Å². The smallest absolute Gasteiger partial charge is 0.248 e. The zero-order valence-corrected chi connectivity index (χ0v) is 8.57. The molecule has 0 aromatic heterocycles. The first kappa shape index (κ1) is 11.4. The molecule has 1 aliphatic rings. The molecule has 0 aliphatic heterocycles. The van der Waals surface area contributed by atoms with E-state index in [2.05, 4.69) is 5.43 Å². The fourth-order valence-electron chi connectivity index (χ4n) is 2.00. The van der Waals surface area contributed by atoms with Gasteiger partial charge in [-0.1, -0.05) is 12.8 Å². The number of likely N-dealkylation sites (N-methyl/N-ethyl adjacent to an activating group) is 1. The molecule has 0 spiro atoms. The Morgan fingerprint density at radius 1 is 1.57 bits per heavy atom. The molecule has 2 atom stereocenters. The quantitative estimate of drug-likeness (QED) is 0.318. The van der Waals surface area contributed by atoms with E-state index in [1.54, 1.807) is 0 Å². The molecule has 1 rings (SSSR count). The Morgan fingerprint density at radius 3 is 2.79 bits per heavy atom. The van der Waals surface area contributed by atoms with Crippen LogP contribution >= 0.6 is 0 Å². The maximum Gasteiger partial charge on any atom is 0.248 e. The minimum absolute atomic E-state index is 0.0982. The van der Waals surface area contributed by atoms with Gasteiger partial charge in [-0.05, 0) is 19.9 Å². The number of nitrogens with zero attached hydrogens (tertiary/aromatic N) is 1. The third-order valence-electron chi connectivity index (χ3n) is 2.81. The van der Waals surface area contributed by atoms with Gasteiger partial charge < -0.3 is 5.11 Å². The van der Waals surface area contributed by atoms with Crippen LogP contribution in [0.3, 0.4) is 0 Å². The Hall–Kier alpha value is -0.650. The van der Waals surface area contributed by atoms with E-state index in [1.165, 1.54) is 0 Å². The first-order valence-corrected chi connectivity index (χ1v) is 5.03. The van der Waals surface area contributed by atoms with Crippen molar-refractivity contribution >= 4 is 5.91 Å². The summed E-state index contributed by atoms with van der Waals surface area (Å²) in [5.41, 5.74) is 2.09. The summed E-state index contributed by atoms with van der Waals surface area (Å²) in [6.07, 6.45) is 3.68. The standard InChI is InChI=1S/C9H19N3O2/c1-12(6-9(14)11-10)7-4-2-3-5-8(7)13/h7-8,13H,2-6,10H2,1H3,(H,11,14). The largest absolute Gasteiger partial charge is 0.391 e. The summed E-state index contributed by atoms with van der Waals surface area (Å²) < 4.78 is 0. The van der Waals surface area contributed by atoms with Crippen molar-refractivity contribution in [2.45, 2.75) is 37.8 Å². The lowest BCUT2D eigenvalue weighted by Gasteiger charge is -2.34. The van der Waals surface area contributed by atoms with Crippen LogP contribution in [0, 0.1) is 0 Å². The summed E-state index contributed by atoms with van der Waals surface area (Å²) in [7, 11) is 1.84. The Morgan fingerprint density at radius 2 is 2.21 bits per heavy atom. The van der Waals surface area contributed by atoms with Crippen LogP contribution in [-0.2, 0) is 4.79 Å². The molecule has 5 heteroatoms. The molecule has 4 N–H and O–H groups in total. The monoisotopic (exact) mass is 201 g/mol. The molecule has 0 heterocycles. The second kappa shape index (κ2) is 5.29.